The molecule has 0 radical (unpaired) electrons. The quantitative estimate of drug-likeness (QED) is 0.175. The third kappa shape index (κ3) is 5.46. The molecule has 212 valence electrons. The van der Waals surface area contributed by atoms with E-state index in [4.69, 9.17) is 14.8 Å². The third-order valence-corrected chi connectivity index (χ3v) is 7.75. The number of hydrogen-bond acceptors (Lipinski definition) is 6. The fraction of sp³-hybridized carbons (Fsp3) is 0.333. The van der Waals surface area contributed by atoms with Crippen LogP contribution in [0.25, 0.3) is 22.3 Å². The first kappa shape index (κ1) is 28.1. The number of aryl methyl sites for hydroxylation is 2. The molecule has 1 unspecified atom stereocenters. The lowest BCUT2D eigenvalue weighted by Gasteiger charge is -2.15. The Hall–Kier alpha value is -4.46. The van der Waals surface area contributed by atoms with Crippen LogP contribution in [0.15, 0.2) is 53.3 Å². The second-order valence-electron chi connectivity index (χ2n) is 11.1. The Kier molecular flexibility index (Phi) is 7.67. The van der Waals surface area contributed by atoms with Gasteiger partial charge in [0.1, 0.15) is 12.4 Å². The number of benzene rings is 2. The number of hydrogen-bond donors (Lipinski definition) is 1. The highest BCUT2D eigenvalue weighted by molar-refractivity contribution is 5.90. The Morgan fingerprint density at radius 3 is 2.44 bits per heavy atom. The van der Waals surface area contributed by atoms with Gasteiger partial charge in [0.2, 0.25) is 0 Å². The summed E-state index contributed by atoms with van der Waals surface area (Å²) in [6.45, 7) is 10.0. The molecule has 8 heteroatoms. The van der Waals surface area contributed by atoms with Crippen molar-refractivity contribution in [3.63, 3.8) is 0 Å². The molecule has 5 rings (SSSR count). The van der Waals surface area contributed by atoms with E-state index in [0.29, 0.717) is 41.5 Å². The van der Waals surface area contributed by atoms with Crippen molar-refractivity contribution in [2.75, 3.05) is 0 Å². The molecule has 0 saturated carbocycles. The lowest BCUT2D eigenvalue weighted by Crippen LogP contribution is -2.25. The molecule has 0 bridgehead atoms. The summed E-state index contributed by atoms with van der Waals surface area (Å²) >= 11 is 0. The van der Waals surface area contributed by atoms with Gasteiger partial charge in [-0.25, -0.2) is 9.78 Å². The minimum atomic E-state index is -1.43. The fourth-order valence-electron chi connectivity index (χ4n) is 5.58. The van der Waals surface area contributed by atoms with Gasteiger partial charge < -0.3 is 19.1 Å². The van der Waals surface area contributed by atoms with Crippen LogP contribution >= 0.6 is 0 Å². The summed E-state index contributed by atoms with van der Waals surface area (Å²) in [6, 6.07) is 15.4. The summed E-state index contributed by atoms with van der Waals surface area (Å²) in [5.41, 5.74) is 6.97. The fourth-order valence-corrected chi connectivity index (χ4v) is 5.58. The second-order valence-corrected chi connectivity index (χ2v) is 11.1. The largest absolute Gasteiger partial charge is 0.506 e. The summed E-state index contributed by atoms with van der Waals surface area (Å²) in [5.74, 6) is 0.249. The smallest absolute Gasteiger partial charge is 0.450 e. The maximum absolute atomic E-state index is 13.3. The van der Waals surface area contributed by atoms with Gasteiger partial charge >= 0.3 is 12.1 Å². The molecule has 8 nitrogen and oxygen atoms in total. The van der Waals surface area contributed by atoms with Crippen molar-refractivity contribution in [1.29, 1.82) is 0 Å². The Labute approximate surface area is 238 Å². The lowest BCUT2D eigenvalue weighted by atomic mass is 9.97. The molecule has 0 fully saturated rings. The van der Waals surface area contributed by atoms with Gasteiger partial charge in [-0.1, -0.05) is 45.0 Å². The number of pyridine rings is 2. The summed E-state index contributed by atoms with van der Waals surface area (Å²) in [4.78, 5) is 42.2. The van der Waals surface area contributed by atoms with Crippen LogP contribution in [-0.2, 0) is 35.5 Å². The van der Waals surface area contributed by atoms with E-state index >= 15 is 0 Å². The van der Waals surface area contributed by atoms with Crippen molar-refractivity contribution in [2.24, 2.45) is 5.92 Å². The lowest BCUT2D eigenvalue weighted by molar-refractivity contribution is -0.135. The number of aromatic nitrogens is 2. The van der Waals surface area contributed by atoms with Gasteiger partial charge in [0.25, 0.3) is 5.56 Å². The highest BCUT2D eigenvalue weighted by Gasteiger charge is 2.28. The number of esters is 1. The zero-order valence-electron chi connectivity index (χ0n) is 24.0. The Balaban J connectivity index is 1.44. The van der Waals surface area contributed by atoms with Crippen LogP contribution in [0.1, 0.15) is 67.0 Å². The zero-order chi connectivity index (χ0) is 29.4. The van der Waals surface area contributed by atoms with Crippen LogP contribution in [0.2, 0.25) is 0 Å². The van der Waals surface area contributed by atoms with Gasteiger partial charge in [-0.15, -0.1) is 0 Å². The average Bonchev–Trinajstić information content (AvgIpc) is 3.29. The molecule has 1 aliphatic heterocycles. The molecule has 0 aliphatic carbocycles. The molecule has 0 spiro atoms. The molecule has 1 aliphatic rings. The van der Waals surface area contributed by atoms with Crippen molar-refractivity contribution in [2.45, 2.75) is 66.5 Å². The summed E-state index contributed by atoms with van der Waals surface area (Å²) < 4.78 is 12.1. The van der Waals surface area contributed by atoms with Crippen molar-refractivity contribution in [3.05, 3.63) is 92.3 Å². The first-order valence-electron chi connectivity index (χ1n) is 13.9. The van der Waals surface area contributed by atoms with E-state index in [9.17, 15) is 14.4 Å². The molecule has 2 aromatic heterocycles. The normalized spacial score (nSPS) is 12.7. The SMILES string of the molecule is CCc1c2c(nc3ccc(OC(=O)C(C)c4ccc(CC(C)C)cc4)cc13)-c1cc(C)c(COC(=O)O)c(=O)n1C2. The number of carbonyl (C=O) groups is 2. The van der Waals surface area contributed by atoms with E-state index < -0.39 is 12.1 Å². The topological polar surface area (TPSA) is 108 Å². The monoisotopic (exact) mass is 554 g/mol. The predicted octanol–water partition coefficient (Wildman–Crippen LogP) is 6.40. The van der Waals surface area contributed by atoms with E-state index in [0.717, 1.165) is 39.7 Å². The Bertz CT molecular complexity index is 1720. The summed E-state index contributed by atoms with van der Waals surface area (Å²) in [5, 5.41) is 9.77. The summed E-state index contributed by atoms with van der Waals surface area (Å²) in [6.07, 6.45) is 0.256. The van der Waals surface area contributed by atoms with Gasteiger partial charge in [-0.2, -0.15) is 0 Å². The van der Waals surface area contributed by atoms with E-state index in [1.54, 1.807) is 17.6 Å². The van der Waals surface area contributed by atoms with Crippen LogP contribution in [-0.4, -0.2) is 26.8 Å². The number of rotatable bonds is 8. The van der Waals surface area contributed by atoms with Gasteiger partial charge in [0, 0.05) is 10.9 Å². The second kappa shape index (κ2) is 11.2. The molecule has 41 heavy (non-hydrogen) atoms. The summed E-state index contributed by atoms with van der Waals surface area (Å²) in [7, 11) is 0. The number of fused-ring (bicyclic) bond motifs is 4. The van der Waals surface area contributed by atoms with E-state index in [1.165, 1.54) is 5.56 Å². The van der Waals surface area contributed by atoms with Crippen molar-refractivity contribution in [3.8, 4) is 17.1 Å². The highest BCUT2D eigenvalue weighted by Crippen LogP contribution is 2.37. The van der Waals surface area contributed by atoms with Crippen LogP contribution in [0.5, 0.6) is 5.75 Å². The molecule has 1 atom stereocenters. The van der Waals surface area contributed by atoms with Gasteiger partial charge in [0.15, 0.2) is 0 Å². The van der Waals surface area contributed by atoms with Crippen LogP contribution in [0, 0.1) is 12.8 Å². The number of ether oxygens (including phenoxy) is 2. The number of nitrogens with zero attached hydrogens (tertiary/aromatic N) is 2. The van der Waals surface area contributed by atoms with Crippen LogP contribution < -0.4 is 10.3 Å². The first-order chi connectivity index (χ1) is 19.6. The van der Waals surface area contributed by atoms with E-state index in [1.807, 2.05) is 44.2 Å². The third-order valence-electron chi connectivity index (χ3n) is 7.75. The molecule has 2 aromatic carbocycles. The van der Waals surface area contributed by atoms with Crippen LogP contribution in [0.4, 0.5) is 4.79 Å². The van der Waals surface area contributed by atoms with E-state index in [-0.39, 0.29) is 18.1 Å². The molecule has 3 heterocycles. The standard InChI is InChI=1S/C33H34N2O6/c1-6-24-25-15-23(41-32(37)20(5)22-9-7-21(8-10-22)13-18(2)3)11-12-28(25)34-30-26(24)16-35-29(30)14-19(4)27(31(35)36)17-40-33(38)39/h7-12,14-15,18,20H,6,13,16-17H2,1-5H3,(H,38,39). The van der Waals surface area contributed by atoms with Crippen LogP contribution in [0.3, 0.4) is 0 Å². The highest BCUT2D eigenvalue weighted by atomic mass is 16.7. The molecular formula is C33H34N2O6. The first-order valence-corrected chi connectivity index (χ1v) is 13.9. The van der Waals surface area contributed by atoms with Gasteiger partial charge in [0.05, 0.1) is 34.9 Å². The molecular weight excluding hydrogens is 520 g/mol. The van der Waals surface area contributed by atoms with Gasteiger partial charge in [-0.05, 0) is 79.1 Å². The zero-order valence-corrected chi connectivity index (χ0v) is 24.0. The minimum absolute atomic E-state index is 0.286. The van der Waals surface area contributed by atoms with Gasteiger partial charge in [-0.3, -0.25) is 9.59 Å². The Morgan fingerprint density at radius 1 is 1.05 bits per heavy atom. The average molecular weight is 555 g/mol. The molecule has 1 N–H and O–H groups in total. The Morgan fingerprint density at radius 2 is 1.78 bits per heavy atom. The predicted molar refractivity (Wildman–Crippen MR) is 157 cm³/mol. The van der Waals surface area contributed by atoms with Crippen molar-refractivity contribution >= 4 is 23.0 Å². The minimum Gasteiger partial charge on any atom is -0.450 e. The molecule has 0 saturated heterocycles. The van der Waals surface area contributed by atoms with E-state index in [2.05, 4.69) is 30.7 Å². The maximum atomic E-state index is 13.3. The molecule has 0 amide bonds. The van der Waals surface area contributed by atoms with Crippen molar-refractivity contribution in [1.82, 2.24) is 9.55 Å². The molecule has 4 aromatic rings. The maximum Gasteiger partial charge on any atom is 0.506 e. The number of carboxylic acid groups (broad SMARTS) is 1. The number of carbonyl (C=O) groups excluding carboxylic acids is 1. The van der Waals surface area contributed by atoms with Crippen molar-refractivity contribution < 1.29 is 24.2 Å².